The number of halogens is 1. The molecule has 0 unspecified atom stereocenters. The fourth-order valence-electron chi connectivity index (χ4n) is 2.39. The second kappa shape index (κ2) is 4.39. The molecule has 94 valence electrons. The van der Waals surface area contributed by atoms with E-state index in [0.717, 1.165) is 30.4 Å². The summed E-state index contributed by atoms with van der Waals surface area (Å²) in [7, 11) is 3.22. The van der Waals surface area contributed by atoms with Gasteiger partial charge in [-0.25, -0.2) is 0 Å². The predicted octanol–water partition coefficient (Wildman–Crippen LogP) is 3.00. The Kier molecular flexibility index (Phi) is 3.23. The van der Waals surface area contributed by atoms with Gasteiger partial charge in [0.05, 0.1) is 14.2 Å². The lowest BCUT2D eigenvalue weighted by molar-refractivity contribution is 0.243. The molecule has 3 nitrogen and oxygen atoms in total. The monoisotopic (exact) mass is 255 g/mol. The van der Waals surface area contributed by atoms with Crippen molar-refractivity contribution in [3.8, 4) is 11.5 Å². The highest BCUT2D eigenvalue weighted by Gasteiger charge is 2.38. The first-order valence-corrected chi connectivity index (χ1v) is 6.11. The lowest BCUT2D eigenvalue weighted by atomic mass is 9.72. The summed E-state index contributed by atoms with van der Waals surface area (Å²) in [4.78, 5) is 0. The van der Waals surface area contributed by atoms with E-state index in [1.807, 2.05) is 13.0 Å². The summed E-state index contributed by atoms with van der Waals surface area (Å²) in [5.41, 5.74) is 8.05. The highest BCUT2D eigenvalue weighted by Crippen LogP contribution is 2.48. The van der Waals surface area contributed by atoms with Crippen molar-refractivity contribution in [1.29, 1.82) is 0 Å². The zero-order valence-electron chi connectivity index (χ0n) is 10.5. The van der Waals surface area contributed by atoms with E-state index in [2.05, 4.69) is 0 Å². The number of methoxy groups -OCH3 is 2. The van der Waals surface area contributed by atoms with E-state index in [-0.39, 0.29) is 5.54 Å². The molecule has 0 aromatic heterocycles. The Hall–Kier alpha value is -0.930. The Labute approximate surface area is 107 Å². The summed E-state index contributed by atoms with van der Waals surface area (Å²) in [5.74, 6) is 1.31. The van der Waals surface area contributed by atoms with Crippen molar-refractivity contribution >= 4 is 11.6 Å². The molecule has 1 saturated carbocycles. The van der Waals surface area contributed by atoms with Gasteiger partial charge in [-0.05, 0) is 37.8 Å². The molecule has 1 aliphatic carbocycles. The quantitative estimate of drug-likeness (QED) is 0.903. The molecule has 0 radical (unpaired) electrons. The molecule has 0 heterocycles. The molecule has 2 N–H and O–H groups in total. The van der Waals surface area contributed by atoms with E-state index >= 15 is 0 Å². The maximum atomic E-state index is 6.35. The van der Waals surface area contributed by atoms with E-state index < -0.39 is 0 Å². The van der Waals surface area contributed by atoms with Crippen molar-refractivity contribution in [2.45, 2.75) is 31.7 Å². The third kappa shape index (κ3) is 1.87. The van der Waals surface area contributed by atoms with Crippen LogP contribution in [0.3, 0.4) is 0 Å². The predicted molar refractivity (Wildman–Crippen MR) is 69.0 cm³/mol. The first-order chi connectivity index (χ1) is 8.03. The number of nitrogens with two attached hydrogens (primary N) is 1. The summed E-state index contributed by atoms with van der Waals surface area (Å²) in [6.07, 6.45) is 3.11. The summed E-state index contributed by atoms with van der Waals surface area (Å²) in [6.45, 7) is 1.97. The van der Waals surface area contributed by atoms with E-state index in [9.17, 15) is 0 Å². The molecule has 4 heteroatoms. The van der Waals surface area contributed by atoms with Crippen LogP contribution in [0.1, 0.15) is 30.4 Å². The molecular weight excluding hydrogens is 238 g/mol. The van der Waals surface area contributed by atoms with Gasteiger partial charge in [-0.3, -0.25) is 0 Å². The summed E-state index contributed by atoms with van der Waals surface area (Å²) < 4.78 is 10.7. The van der Waals surface area contributed by atoms with Crippen LogP contribution in [-0.4, -0.2) is 14.2 Å². The van der Waals surface area contributed by atoms with Gasteiger partial charge in [-0.15, -0.1) is 0 Å². The third-order valence-corrected chi connectivity index (χ3v) is 3.90. The third-order valence-electron chi connectivity index (χ3n) is 3.55. The number of ether oxygens (including phenoxy) is 2. The molecule has 0 atom stereocenters. The molecule has 1 aromatic rings. The van der Waals surface area contributed by atoms with Crippen LogP contribution in [0.25, 0.3) is 0 Å². The second-order valence-electron chi connectivity index (χ2n) is 4.63. The Morgan fingerprint density at radius 2 is 1.82 bits per heavy atom. The van der Waals surface area contributed by atoms with Crippen molar-refractivity contribution in [3.63, 3.8) is 0 Å². The number of rotatable bonds is 3. The van der Waals surface area contributed by atoms with Crippen molar-refractivity contribution in [2.75, 3.05) is 14.2 Å². The minimum atomic E-state index is -0.286. The van der Waals surface area contributed by atoms with Crippen LogP contribution in [0.15, 0.2) is 6.07 Å². The molecule has 17 heavy (non-hydrogen) atoms. The lowest BCUT2D eigenvalue weighted by Crippen LogP contribution is -2.43. The van der Waals surface area contributed by atoms with Gasteiger partial charge in [-0.1, -0.05) is 11.6 Å². The molecule has 0 saturated heterocycles. The maximum absolute atomic E-state index is 6.35. The van der Waals surface area contributed by atoms with E-state index in [0.29, 0.717) is 16.5 Å². The molecule has 2 rings (SSSR count). The molecule has 0 amide bonds. The molecule has 1 fully saturated rings. The average Bonchev–Trinajstić information content (AvgIpc) is 2.26. The Bertz CT molecular complexity index is 442. The van der Waals surface area contributed by atoms with Crippen LogP contribution in [0.2, 0.25) is 5.02 Å². The lowest BCUT2D eigenvalue weighted by Gasteiger charge is -2.39. The zero-order chi connectivity index (χ0) is 12.6. The van der Waals surface area contributed by atoms with Gasteiger partial charge in [0.25, 0.3) is 0 Å². The normalized spacial score (nSPS) is 17.5. The molecular formula is C13H18ClNO2. The van der Waals surface area contributed by atoms with Gasteiger partial charge >= 0.3 is 0 Å². The summed E-state index contributed by atoms with van der Waals surface area (Å²) in [5, 5.41) is 0.515. The molecule has 0 aliphatic heterocycles. The smallest absolute Gasteiger partial charge is 0.146 e. The minimum absolute atomic E-state index is 0.286. The number of hydrogen-bond donors (Lipinski definition) is 1. The standard InChI is InChI=1S/C13H18ClNO2/c1-8-7-9(13(15)5-4-6-13)12(17-3)10(14)11(8)16-2/h7H,4-6,15H2,1-3H3. The summed E-state index contributed by atoms with van der Waals surface area (Å²) in [6, 6.07) is 2.03. The number of benzene rings is 1. The second-order valence-corrected chi connectivity index (χ2v) is 5.01. The van der Waals surface area contributed by atoms with Crippen molar-refractivity contribution in [2.24, 2.45) is 5.73 Å². The molecule has 0 bridgehead atoms. The van der Waals surface area contributed by atoms with Gasteiger partial charge in [0.15, 0.2) is 0 Å². The van der Waals surface area contributed by atoms with Crippen LogP contribution >= 0.6 is 11.6 Å². The SMILES string of the molecule is COc1c(C)cc(C2(N)CCC2)c(OC)c1Cl. The molecule has 1 aromatic carbocycles. The fourth-order valence-corrected chi connectivity index (χ4v) is 2.79. The fraction of sp³-hybridized carbons (Fsp3) is 0.538. The van der Waals surface area contributed by atoms with Gasteiger partial charge in [-0.2, -0.15) is 0 Å². The van der Waals surface area contributed by atoms with Crippen LogP contribution in [0, 0.1) is 6.92 Å². The van der Waals surface area contributed by atoms with Gasteiger partial charge in [0.1, 0.15) is 16.5 Å². The van der Waals surface area contributed by atoms with E-state index in [1.165, 1.54) is 0 Å². The minimum Gasteiger partial charge on any atom is -0.495 e. The number of aryl methyl sites for hydroxylation is 1. The Morgan fingerprint density at radius 3 is 2.24 bits per heavy atom. The van der Waals surface area contributed by atoms with Crippen molar-refractivity contribution in [3.05, 3.63) is 22.2 Å². The summed E-state index contributed by atoms with van der Waals surface area (Å²) >= 11 is 6.30. The van der Waals surface area contributed by atoms with Crippen LogP contribution in [-0.2, 0) is 5.54 Å². The van der Waals surface area contributed by atoms with Gasteiger partial charge in [0.2, 0.25) is 0 Å². The number of hydrogen-bond acceptors (Lipinski definition) is 3. The van der Waals surface area contributed by atoms with Crippen LogP contribution < -0.4 is 15.2 Å². The highest BCUT2D eigenvalue weighted by atomic mass is 35.5. The molecule has 0 spiro atoms. The Morgan fingerprint density at radius 1 is 1.24 bits per heavy atom. The first-order valence-electron chi connectivity index (χ1n) is 5.74. The van der Waals surface area contributed by atoms with Gasteiger partial charge in [0, 0.05) is 11.1 Å². The van der Waals surface area contributed by atoms with E-state index in [4.69, 9.17) is 26.8 Å². The average molecular weight is 256 g/mol. The zero-order valence-corrected chi connectivity index (χ0v) is 11.2. The first kappa shape index (κ1) is 12.5. The van der Waals surface area contributed by atoms with Crippen molar-refractivity contribution < 1.29 is 9.47 Å². The largest absolute Gasteiger partial charge is 0.495 e. The van der Waals surface area contributed by atoms with E-state index in [1.54, 1.807) is 14.2 Å². The Balaban J connectivity index is 2.59. The van der Waals surface area contributed by atoms with Crippen LogP contribution in [0.5, 0.6) is 11.5 Å². The maximum Gasteiger partial charge on any atom is 0.146 e. The topological polar surface area (TPSA) is 44.5 Å². The van der Waals surface area contributed by atoms with Crippen molar-refractivity contribution in [1.82, 2.24) is 0 Å². The van der Waals surface area contributed by atoms with Crippen LogP contribution in [0.4, 0.5) is 0 Å². The molecule has 1 aliphatic rings. The highest BCUT2D eigenvalue weighted by molar-refractivity contribution is 6.33. The van der Waals surface area contributed by atoms with Gasteiger partial charge < -0.3 is 15.2 Å².